The minimum absolute atomic E-state index is 0.257. The van der Waals surface area contributed by atoms with E-state index in [0.29, 0.717) is 44.3 Å². The van der Waals surface area contributed by atoms with Crippen molar-refractivity contribution in [2.45, 2.75) is 19.8 Å². The fraction of sp³-hybridized carbons (Fsp3) is 0.240. The number of carbonyl (C=O) groups is 1. The summed E-state index contributed by atoms with van der Waals surface area (Å²) in [5.74, 6) is 0.420. The molecule has 1 N–H and O–H groups in total. The van der Waals surface area contributed by atoms with E-state index < -0.39 is 5.97 Å². The topological polar surface area (TPSA) is 59.0 Å². The van der Waals surface area contributed by atoms with Crippen LogP contribution >= 0.6 is 0 Å². The lowest BCUT2D eigenvalue weighted by Crippen LogP contribution is -2.49. The molecule has 0 radical (unpaired) electrons. The number of benzene rings is 3. The predicted molar refractivity (Wildman–Crippen MR) is 114 cm³/mol. The number of ether oxygens (including phenoxy) is 2. The van der Waals surface area contributed by atoms with Crippen molar-refractivity contribution in [2.24, 2.45) is 5.92 Å². The maximum atomic E-state index is 11.0. The molecule has 0 amide bonds. The lowest BCUT2D eigenvalue weighted by molar-refractivity contribution is -0.147. The number of carboxylic acid groups (broad SMARTS) is 1. The molecule has 154 valence electrons. The number of aliphatic carboxylic acids is 1. The molecule has 0 bridgehead atoms. The van der Waals surface area contributed by atoms with E-state index in [1.807, 2.05) is 78.9 Å². The quantitative estimate of drug-likeness (QED) is 0.575. The Kier molecular flexibility index (Phi) is 6.30. The van der Waals surface area contributed by atoms with E-state index in [2.05, 4.69) is 4.90 Å². The van der Waals surface area contributed by atoms with E-state index >= 15 is 0 Å². The molecule has 30 heavy (non-hydrogen) atoms. The molecule has 3 aromatic carbocycles. The first-order valence-corrected chi connectivity index (χ1v) is 10.1. The molecule has 1 aliphatic rings. The fourth-order valence-corrected chi connectivity index (χ4v) is 3.47. The second-order valence-corrected chi connectivity index (χ2v) is 7.56. The zero-order valence-corrected chi connectivity index (χ0v) is 16.7. The monoisotopic (exact) mass is 403 g/mol. The molecule has 1 heterocycles. The van der Waals surface area contributed by atoms with Gasteiger partial charge in [-0.15, -0.1) is 0 Å². The number of nitrogens with zero attached hydrogens (tertiary/aromatic N) is 1. The standard InChI is InChI=1S/C25H25NO4/c27-25(28)22-15-26(16-22)14-21-11-12-23(29-17-19-7-3-1-4-8-19)24(13-21)30-18-20-9-5-2-6-10-20/h1-13,22H,14-18H2,(H,27,28). The molecule has 5 heteroatoms. The molecule has 1 aliphatic heterocycles. The average molecular weight is 403 g/mol. The van der Waals surface area contributed by atoms with Crippen LogP contribution < -0.4 is 9.47 Å². The Morgan fingerprint density at radius 2 is 1.37 bits per heavy atom. The van der Waals surface area contributed by atoms with Crippen LogP contribution in [0.5, 0.6) is 11.5 Å². The highest BCUT2D eigenvalue weighted by molar-refractivity contribution is 5.71. The van der Waals surface area contributed by atoms with Crippen molar-refractivity contribution in [2.75, 3.05) is 13.1 Å². The summed E-state index contributed by atoms with van der Waals surface area (Å²) in [7, 11) is 0. The van der Waals surface area contributed by atoms with Gasteiger partial charge in [0.05, 0.1) is 5.92 Å². The van der Waals surface area contributed by atoms with Crippen LogP contribution in [0, 0.1) is 5.92 Å². The predicted octanol–water partition coefficient (Wildman–Crippen LogP) is 4.36. The zero-order chi connectivity index (χ0) is 20.8. The summed E-state index contributed by atoms with van der Waals surface area (Å²) in [5.41, 5.74) is 3.26. The minimum atomic E-state index is -0.720. The first kappa shape index (κ1) is 20.0. The van der Waals surface area contributed by atoms with Crippen molar-refractivity contribution >= 4 is 5.97 Å². The summed E-state index contributed by atoms with van der Waals surface area (Å²) in [6, 6.07) is 26.0. The van der Waals surface area contributed by atoms with Crippen LogP contribution in [-0.2, 0) is 24.6 Å². The first-order valence-electron chi connectivity index (χ1n) is 10.1. The lowest BCUT2D eigenvalue weighted by Gasteiger charge is -2.36. The molecule has 0 saturated carbocycles. The summed E-state index contributed by atoms with van der Waals surface area (Å²) < 4.78 is 12.2. The van der Waals surface area contributed by atoms with Crippen LogP contribution in [0.15, 0.2) is 78.9 Å². The summed E-state index contributed by atoms with van der Waals surface area (Å²) in [6.45, 7) is 2.79. The van der Waals surface area contributed by atoms with Gasteiger partial charge in [0.25, 0.3) is 0 Å². The molecular formula is C25H25NO4. The summed E-state index contributed by atoms with van der Waals surface area (Å²) in [6.07, 6.45) is 0. The maximum Gasteiger partial charge on any atom is 0.309 e. The minimum Gasteiger partial charge on any atom is -0.485 e. The summed E-state index contributed by atoms with van der Waals surface area (Å²) in [4.78, 5) is 13.1. The molecule has 0 spiro atoms. The van der Waals surface area contributed by atoms with Gasteiger partial charge >= 0.3 is 5.97 Å². The third-order valence-electron chi connectivity index (χ3n) is 5.20. The van der Waals surface area contributed by atoms with Crippen molar-refractivity contribution in [3.05, 3.63) is 95.6 Å². The third kappa shape index (κ3) is 5.19. The van der Waals surface area contributed by atoms with Crippen LogP contribution in [0.4, 0.5) is 0 Å². The van der Waals surface area contributed by atoms with Gasteiger partial charge in [0.15, 0.2) is 11.5 Å². The molecule has 0 aromatic heterocycles. The van der Waals surface area contributed by atoms with Crippen LogP contribution in [0.2, 0.25) is 0 Å². The highest BCUT2D eigenvalue weighted by Crippen LogP contribution is 2.31. The molecule has 5 nitrogen and oxygen atoms in total. The largest absolute Gasteiger partial charge is 0.485 e. The van der Waals surface area contributed by atoms with Crippen molar-refractivity contribution in [1.29, 1.82) is 0 Å². The Bertz CT molecular complexity index is 969. The number of hydrogen-bond donors (Lipinski definition) is 1. The highest BCUT2D eigenvalue weighted by atomic mass is 16.5. The molecule has 1 fully saturated rings. The molecule has 1 saturated heterocycles. The fourth-order valence-electron chi connectivity index (χ4n) is 3.47. The van der Waals surface area contributed by atoms with E-state index in [1.54, 1.807) is 0 Å². The van der Waals surface area contributed by atoms with Gasteiger partial charge < -0.3 is 14.6 Å². The Morgan fingerprint density at radius 1 is 0.800 bits per heavy atom. The SMILES string of the molecule is O=C(O)C1CN(Cc2ccc(OCc3ccccc3)c(OCc3ccccc3)c2)C1. The van der Waals surface area contributed by atoms with E-state index in [1.165, 1.54) is 0 Å². The number of rotatable bonds is 9. The molecule has 3 aromatic rings. The lowest BCUT2D eigenvalue weighted by atomic mass is 9.99. The molecule has 0 atom stereocenters. The highest BCUT2D eigenvalue weighted by Gasteiger charge is 2.32. The Morgan fingerprint density at radius 3 is 1.93 bits per heavy atom. The maximum absolute atomic E-state index is 11.0. The van der Waals surface area contributed by atoms with Gasteiger partial charge in [-0.25, -0.2) is 0 Å². The van der Waals surface area contributed by atoms with Crippen molar-refractivity contribution in [3.8, 4) is 11.5 Å². The van der Waals surface area contributed by atoms with E-state index in [9.17, 15) is 4.79 Å². The zero-order valence-electron chi connectivity index (χ0n) is 16.7. The first-order chi connectivity index (χ1) is 14.7. The average Bonchev–Trinajstić information content (AvgIpc) is 2.75. The smallest absolute Gasteiger partial charge is 0.309 e. The van der Waals surface area contributed by atoms with Gasteiger partial charge in [-0.1, -0.05) is 66.7 Å². The van der Waals surface area contributed by atoms with Gasteiger partial charge in [0, 0.05) is 19.6 Å². The van der Waals surface area contributed by atoms with E-state index in [4.69, 9.17) is 14.6 Å². The molecule has 0 aliphatic carbocycles. The second-order valence-electron chi connectivity index (χ2n) is 7.56. The van der Waals surface area contributed by atoms with Crippen molar-refractivity contribution in [3.63, 3.8) is 0 Å². The summed E-state index contributed by atoms with van der Waals surface area (Å²) in [5, 5.41) is 9.07. The number of likely N-dealkylation sites (tertiary alicyclic amines) is 1. The van der Waals surface area contributed by atoms with Crippen LogP contribution in [0.25, 0.3) is 0 Å². The van der Waals surface area contributed by atoms with Crippen LogP contribution in [0.1, 0.15) is 16.7 Å². The van der Waals surface area contributed by atoms with E-state index in [-0.39, 0.29) is 5.92 Å². The Hall–Kier alpha value is -3.31. The van der Waals surface area contributed by atoms with Gasteiger partial charge in [-0.3, -0.25) is 9.69 Å². The van der Waals surface area contributed by atoms with Crippen molar-refractivity contribution in [1.82, 2.24) is 4.90 Å². The van der Waals surface area contributed by atoms with Crippen LogP contribution in [0.3, 0.4) is 0 Å². The van der Waals surface area contributed by atoms with Gasteiger partial charge in [-0.05, 0) is 28.8 Å². The van der Waals surface area contributed by atoms with Gasteiger partial charge in [-0.2, -0.15) is 0 Å². The molecule has 0 unspecified atom stereocenters. The Balaban J connectivity index is 1.45. The number of hydrogen-bond acceptors (Lipinski definition) is 4. The van der Waals surface area contributed by atoms with Crippen LogP contribution in [-0.4, -0.2) is 29.1 Å². The summed E-state index contributed by atoms with van der Waals surface area (Å²) >= 11 is 0. The van der Waals surface area contributed by atoms with E-state index in [0.717, 1.165) is 16.7 Å². The number of carboxylic acids is 1. The second kappa shape index (κ2) is 9.46. The van der Waals surface area contributed by atoms with Crippen molar-refractivity contribution < 1.29 is 19.4 Å². The van der Waals surface area contributed by atoms with Gasteiger partial charge in [0.1, 0.15) is 13.2 Å². The third-order valence-corrected chi connectivity index (χ3v) is 5.20. The normalized spacial score (nSPS) is 14.1. The molecule has 4 rings (SSSR count). The molecular weight excluding hydrogens is 378 g/mol. The Labute approximate surface area is 176 Å². The van der Waals surface area contributed by atoms with Gasteiger partial charge in [0.2, 0.25) is 0 Å².